The summed E-state index contributed by atoms with van der Waals surface area (Å²) in [6, 6.07) is 6.79. The first-order chi connectivity index (χ1) is 8.65. The minimum atomic E-state index is -1.08. The van der Waals surface area contributed by atoms with Crippen LogP contribution in [0.25, 0.3) is 17.1 Å². The molecular formula is C12H9N3O3. The van der Waals surface area contributed by atoms with Gasteiger partial charge in [-0.05, 0) is 25.1 Å². The number of fused-ring (bicyclic) bond motifs is 1. The Balaban J connectivity index is 2.26. The second kappa shape index (κ2) is 3.69. The second-order valence-electron chi connectivity index (χ2n) is 3.85. The van der Waals surface area contributed by atoms with Gasteiger partial charge in [0.15, 0.2) is 17.1 Å². The molecule has 0 atom stereocenters. The molecule has 0 saturated carbocycles. The lowest BCUT2D eigenvalue weighted by Crippen LogP contribution is -1.99. The van der Waals surface area contributed by atoms with Crippen LogP contribution in [-0.2, 0) is 0 Å². The topological polar surface area (TPSA) is 80.6 Å². The Hall–Kier alpha value is -2.63. The van der Waals surface area contributed by atoms with Crippen LogP contribution in [0.2, 0.25) is 0 Å². The molecule has 90 valence electrons. The molecule has 3 rings (SSSR count). The number of hydrogen-bond acceptors (Lipinski definition) is 4. The summed E-state index contributed by atoms with van der Waals surface area (Å²) >= 11 is 0. The highest BCUT2D eigenvalue weighted by Gasteiger charge is 2.14. The number of aromatic carboxylic acids is 1. The number of nitrogens with zero attached hydrogens (tertiary/aromatic N) is 3. The van der Waals surface area contributed by atoms with Gasteiger partial charge in [0.1, 0.15) is 11.5 Å². The van der Waals surface area contributed by atoms with E-state index in [2.05, 4.69) is 10.1 Å². The average Bonchev–Trinajstić information content (AvgIpc) is 2.94. The Labute approximate surface area is 101 Å². The summed E-state index contributed by atoms with van der Waals surface area (Å²) in [5.41, 5.74) is 1.10. The molecule has 3 aromatic rings. The molecule has 0 spiro atoms. The molecule has 0 fully saturated rings. The molecule has 1 N–H and O–H groups in total. The lowest BCUT2D eigenvalue weighted by atomic mass is 10.3. The summed E-state index contributed by atoms with van der Waals surface area (Å²) in [7, 11) is 0. The predicted molar refractivity (Wildman–Crippen MR) is 62.4 cm³/mol. The summed E-state index contributed by atoms with van der Waals surface area (Å²) in [4.78, 5) is 15.0. The fourth-order valence-electron chi connectivity index (χ4n) is 1.76. The number of carboxylic acids is 1. The van der Waals surface area contributed by atoms with Crippen molar-refractivity contribution in [1.82, 2.24) is 14.6 Å². The van der Waals surface area contributed by atoms with E-state index in [0.29, 0.717) is 17.1 Å². The van der Waals surface area contributed by atoms with Crippen molar-refractivity contribution in [3.05, 3.63) is 41.9 Å². The van der Waals surface area contributed by atoms with E-state index < -0.39 is 5.97 Å². The quantitative estimate of drug-likeness (QED) is 0.744. The molecular weight excluding hydrogens is 234 g/mol. The molecule has 0 aliphatic heterocycles. The van der Waals surface area contributed by atoms with Crippen LogP contribution in [0, 0.1) is 6.92 Å². The lowest BCUT2D eigenvalue weighted by molar-refractivity contribution is 0.0690. The molecule has 6 heteroatoms. The van der Waals surface area contributed by atoms with Crippen LogP contribution in [0.1, 0.15) is 16.2 Å². The van der Waals surface area contributed by atoms with Crippen molar-refractivity contribution in [3.8, 4) is 11.5 Å². The highest BCUT2D eigenvalue weighted by atomic mass is 16.4. The number of rotatable bonds is 2. The highest BCUT2D eigenvalue weighted by Crippen LogP contribution is 2.22. The van der Waals surface area contributed by atoms with Crippen molar-refractivity contribution in [2.75, 3.05) is 0 Å². The van der Waals surface area contributed by atoms with Gasteiger partial charge in [-0.1, -0.05) is 0 Å². The van der Waals surface area contributed by atoms with Gasteiger partial charge in [0.2, 0.25) is 0 Å². The fourth-order valence-corrected chi connectivity index (χ4v) is 1.76. The van der Waals surface area contributed by atoms with E-state index in [0.717, 1.165) is 5.76 Å². The zero-order valence-electron chi connectivity index (χ0n) is 9.49. The fraction of sp³-hybridized carbons (Fsp3) is 0.0833. The number of carboxylic acid groups (broad SMARTS) is 1. The van der Waals surface area contributed by atoms with Gasteiger partial charge in [0.25, 0.3) is 0 Å². The molecule has 18 heavy (non-hydrogen) atoms. The third-order valence-corrected chi connectivity index (χ3v) is 2.57. The first-order valence-electron chi connectivity index (χ1n) is 5.30. The Morgan fingerprint density at radius 3 is 2.89 bits per heavy atom. The first kappa shape index (κ1) is 10.5. The average molecular weight is 243 g/mol. The SMILES string of the molecule is Cc1ccc(-c2ccnc3cc(C(=O)O)nn23)o1. The molecule has 0 aliphatic rings. The van der Waals surface area contributed by atoms with Crippen molar-refractivity contribution >= 4 is 11.6 Å². The summed E-state index contributed by atoms with van der Waals surface area (Å²) in [6.07, 6.45) is 1.59. The zero-order valence-corrected chi connectivity index (χ0v) is 9.49. The van der Waals surface area contributed by atoms with Crippen LogP contribution >= 0.6 is 0 Å². The van der Waals surface area contributed by atoms with E-state index in [9.17, 15) is 4.79 Å². The van der Waals surface area contributed by atoms with E-state index in [1.54, 1.807) is 12.3 Å². The first-order valence-corrected chi connectivity index (χ1v) is 5.30. The largest absolute Gasteiger partial charge is 0.476 e. The maximum Gasteiger partial charge on any atom is 0.356 e. The van der Waals surface area contributed by atoms with Crippen LogP contribution in [-0.4, -0.2) is 25.7 Å². The van der Waals surface area contributed by atoms with E-state index in [1.165, 1.54) is 10.6 Å². The summed E-state index contributed by atoms with van der Waals surface area (Å²) in [5.74, 6) is 0.322. The van der Waals surface area contributed by atoms with Crippen LogP contribution in [0.15, 0.2) is 34.9 Å². The molecule has 6 nitrogen and oxygen atoms in total. The van der Waals surface area contributed by atoms with E-state index in [-0.39, 0.29) is 5.69 Å². The Morgan fingerprint density at radius 2 is 2.22 bits per heavy atom. The number of aryl methyl sites for hydroxylation is 1. The van der Waals surface area contributed by atoms with Gasteiger partial charge in [0.05, 0.1) is 0 Å². The lowest BCUT2D eigenvalue weighted by Gasteiger charge is -2.00. The molecule has 0 radical (unpaired) electrons. The van der Waals surface area contributed by atoms with Crippen molar-refractivity contribution in [2.45, 2.75) is 6.92 Å². The summed E-state index contributed by atoms with van der Waals surface area (Å²) in [5, 5.41) is 12.9. The Bertz CT molecular complexity index is 742. The van der Waals surface area contributed by atoms with Crippen LogP contribution in [0.3, 0.4) is 0 Å². The van der Waals surface area contributed by atoms with Gasteiger partial charge in [-0.15, -0.1) is 0 Å². The standard InChI is InChI=1S/C12H9N3O3/c1-7-2-3-10(18-7)9-4-5-13-11-6-8(12(16)17)14-15(9)11/h2-6H,1H3,(H,16,17). The van der Waals surface area contributed by atoms with E-state index >= 15 is 0 Å². The summed E-state index contributed by atoms with van der Waals surface area (Å²) < 4.78 is 6.97. The number of aromatic nitrogens is 3. The molecule has 3 heterocycles. The Morgan fingerprint density at radius 1 is 1.39 bits per heavy atom. The molecule has 0 amide bonds. The number of carbonyl (C=O) groups is 1. The zero-order chi connectivity index (χ0) is 12.7. The van der Waals surface area contributed by atoms with E-state index in [4.69, 9.17) is 9.52 Å². The molecule has 0 aliphatic carbocycles. The molecule has 3 aromatic heterocycles. The van der Waals surface area contributed by atoms with Gasteiger partial charge in [-0.3, -0.25) is 0 Å². The summed E-state index contributed by atoms with van der Waals surface area (Å²) in [6.45, 7) is 1.84. The number of furan rings is 1. The molecule has 0 unspecified atom stereocenters. The third kappa shape index (κ3) is 1.55. The molecule has 0 bridgehead atoms. The molecule has 0 aromatic carbocycles. The van der Waals surface area contributed by atoms with Crippen LogP contribution in [0.4, 0.5) is 0 Å². The van der Waals surface area contributed by atoms with Crippen molar-refractivity contribution in [3.63, 3.8) is 0 Å². The smallest absolute Gasteiger partial charge is 0.356 e. The van der Waals surface area contributed by atoms with E-state index in [1.807, 2.05) is 19.1 Å². The van der Waals surface area contributed by atoms with Gasteiger partial charge >= 0.3 is 5.97 Å². The number of hydrogen-bond donors (Lipinski definition) is 1. The minimum Gasteiger partial charge on any atom is -0.476 e. The van der Waals surface area contributed by atoms with Gasteiger partial charge in [-0.2, -0.15) is 5.10 Å². The highest BCUT2D eigenvalue weighted by molar-refractivity contribution is 5.86. The normalized spacial score (nSPS) is 10.9. The van der Waals surface area contributed by atoms with Crippen LogP contribution < -0.4 is 0 Å². The third-order valence-electron chi connectivity index (χ3n) is 2.57. The maximum absolute atomic E-state index is 10.9. The van der Waals surface area contributed by atoms with Crippen molar-refractivity contribution in [2.24, 2.45) is 0 Å². The van der Waals surface area contributed by atoms with Gasteiger partial charge in [0, 0.05) is 12.3 Å². The van der Waals surface area contributed by atoms with Crippen molar-refractivity contribution < 1.29 is 14.3 Å². The monoisotopic (exact) mass is 243 g/mol. The predicted octanol–water partition coefficient (Wildman–Crippen LogP) is 2.00. The minimum absolute atomic E-state index is 0.0433. The second-order valence-corrected chi connectivity index (χ2v) is 3.85. The van der Waals surface area contributed by atoms with Crippen molar-refractivity contribution in [1.29, 1.82) is 0 Å². The van der Waals surface area contributed by atoms with Gasteiger partial charge < -0.3 is 9.52 Å². The maximum atomic E-state index is 10.9. The molecule has 0 saturated heterocycles. The van der Waals surface area contributed by atoms with Gasteiger partial charge in [-0.25, -0.2) is 14.3 Å². The Kier molecular flexibility index (Phi) is 2.16. The van der Waals surface area contributed by atoms with Crippen LogP contribution in [0.5, 0.6) is 0 Å².